The molecule has 0 amide bonds. The maximum absolute atomic E-state index is 15.6. The standard InChI is InChI=1S/C46H50O9/c1-26(2)11-15-33-37(50-6)18-17-34(46(33)54-10)45(47)43-35(32-16-14-31(49-5)25-40(32)51-7)19-27(3)20-36(43)44-41(52-8)22-29(23-42(44)53-9)38-21-28-12-13-30(48-4)24-39(28)55-38/h11-14,16-18,20-25,35-36,43H,15,19H2,1-10H3/t35-,36+,43-/m1/s1. The zero-order valence-corrected chi connectivity index (χ0v) is 33.3. The molecule has 4 aromatic carbocycles. The molecule has 0 saturated carbocycles. The summed E-state index contributed by atoms with van der Waals surface area (Å²) in [5, 5.41) is 0.933. The van der Waals surface area contributed by atoms with E-state index >= 15 is 4.79 Å². The van der Waals surface area contributed by atoms with Crippen LogP contribution in [-0.2, 0) is 6.42 Å². The smallest absolute Gasteiger partial charge is 0.171 e. The molecule has 1 aromatic heterocycles. The number of allylic oxidation sites excluding steroid dienone is 4. The number of hydrogen-bond acceptors (Lipinski definition) is 9. The molecular weight excluding hydrogens is 696 g/mol. The highest BCUT2D eigenvalue weighted by molar-refractivity contribution is 6.03. The summed E-state index contributed by atoms with van der Waals surface area (Å²) >= 11 is 0. The van der Waals surface area contributed by atoms with Gasteiger partial charge in [0.15, 0.2) is 5.78 Å². The Morgan fingerprint density at radius 3 is 2.00 bits per heavy atom. The van der Waals surface area contributed by atoms with E-state index in [2.05, 4.69) is 19.1 Å². The molecule has 5 aromatic rings. The van der Waals surface area contributed by atoms with Crippen molar-refractivity contribution in [3.05, 3.63) is 112 Å². The minimum Gasteiger partial charge on any atom is -0.497 e. The molecule has 55 heavy (non-hydrogen) atoms. The zero-order valence-electron chi connectivity index (χ0n) is 33.3. The molecule has 9 nitrogen and oxygen atoms in total. The number of hydrogen-bond donors (Lipinski definition) is 0. The third-order valence-electron chi connectivity index (χ3n) is 10.5. The molecule has 0 N–H and O–H groups in total. The lowest BCUT2D eigenvalue weighted by Gasteiger charge is -2.38. The summed E-state index contributed by atoms with van der Waals surface area (Å²) in [4.78, 5) is 15.6. The number of furan rings is 1. The monoisotopic (exact) mass is 746 g/mol. The highest BCUT2D eigenvalue weighted by atomic mass is 16.5. The second-order valence-electron chi connectivity index (χ2n) is 14.0. The van der Waals surface area contributed by atoms with Gasteiger partial charge in [-0.1, -0.05) is 29.4 Å². The third kappa shape index (κ3) is 7.61. The van der Waals surface area contributed by atoms with Gasteiger partial charge in [0.2, 0.25) is 0 Å². The van der Waals surface area contributed by atoms with E-state index in [9.17, 15) is 0 Å². The molecule has 0 saturated heterocycles. The first-order valence-electron chi connectivity index (χ1n) is 18.2. The Balaban J connectivity index is 1.58. The topological polar surface area (TPSA) is 94.8 Å². The van der Waals surface area contributed by atoms with Crippen molar-refractivity contribution in [3.8, 4) is 51.6 Å². The van der Waals surface area contributed by atoms with Crippen molar-refractivity contribution in [2.45, 2.75) is 45.4 Å². The fraction of sp³-hybridized carbons (Fsp3) is 0.326. The Labute approximate surface area is 323 Å². The van der Waals surface area contributed by atoms with E-state index in [4.69, 9.17) is 37.6 Å². The molecule has 1 aliphatic carbocycles. The number of fused-ring (bicyclic) bond motifs is 1. The van der Waals surface area contributed by atoms with Crippen molar-refractivity contribution in [3.63, 3.8) is 0 Å². The van der Waals surface area contributed by atoms with Gasteiger partial charge < -0.3 is 37.6 Å². The molecular formula is C46H50O9. The van der Waals surface area contributed by atoms with Gasteiger partial charge in [-0.15, -0.1) is 0 Å². The lowest BCUT2D eigenvalue weighted by atomic mass is 9.65. The summed E-state index contributed by atoms with van der Waals surface area (Å²) in [6, 6.07) is 21.0. The number of carbonyl (C=O) groups excluding carboxylic acids is 1. The van der Waals surface area contributed by atoms with Gasteiger partial charge in [-0.25, -0.2) is 0 Å². The third-order valence-corrected chi connectivity index (χ3v) is 10.5. The van der Waals surface area contributed by atoms with Crippen LogP contribution in [0.4, 0.5) is 0 Å². The van der Waals surface area contributed by atoms with E-state index in [1.54, 1.807) is 49.8 Å². The summed E-state index contributed by atoms with van der Waals surface area (Å²) in [6.45, 7) is 6.18. The van der Waals surface area contributed by atoms with Crippen LogP contribution in [0.1, 0.15) is 66.1 Å². The van der Waals surface area contributed by atoms with Gasteiger partial charge in [-0.2, -0.15) is 0 Å². The van der Waals surface area contributed by atoms with Crippen molar-refractivity contribution >= 4 is 16.8 Å². The number of methoxy groups -OCH3 is 7. The predicted octanol–water partition coefficient (Wildman–Crippen LogP) is 10.4. The Kier molecular flexibility index (Phi) is 11.8. The summed E-state index contributed by atoms with van der Waals surface area (Å²) in [6.07, 6.45) is 5.42. The molecule has 288 valence electrons. The lowest BCUT2D eigenvalue weighted by Crippen LogP contribution is -2.32. The molecule has 0 bridgehead atoms. The van der Waals surface area contributed by atoms with Crippen LogP contribution in [0.2, 0.25) is 0 Å². The van der Waals surface area contributed by atoms with Gasteiger partial charge in [0.05, 0.1) is 55.3 Å². The van der Waals surface area contributed by atoms with Crippen molar-refractivity contribution in [1.82, 2.24) is 0 Å². The van der Waals surface area contributed by atoms with Gasteiger partial charge in [0.1, 0.15) is 51.6 Å². The Morgan fingerprint density at radius 1 is 0.727 bits per heavy atom. The summed E-state index contributed by atoms with van der Waals surface area (Å²) in [5.41, 5.74) is 6.63. The quantitative estimate of drug-likeness (QED) is 0.0813. The van der Waals surface area contributed by atoms with E-state index in [0.29, 0.717) is 70.0 Å². The Morgan fingerprint density at radius 2 is 1.38 bits per heavy atom. The number of ketones is 1. The van der Waals surface area contributed by atoms with E-state index in [0.717, 1.165) is 38.8 Å². The molecule has 1 heterocycles. The molecule has 0 unspecified atom stereocenters. The van der Waals surface area contributed by atoms with Crippen LogP contribution in [0, 0.1) is 5.92 Å². The molecule has 0 spiro atoms. The van der Waals surface area contributed by atoms with Crippen LogP contribution in [0.25, 0.3) is 22.3 Å². The van der Waals surface area contributed by atoms with Crippen LogP contribution >= 0.6 is 0 Å². The van der Waals surface area contributed by atoms with Gasteiger partial charge in [-0.05, 0) is 87.7 Å². The number of benzene rings is 4. The number of ether oxygens (including phenoxy) is 7. The van der Waals surface area contributed by atoms with Gasteiger partial charge in [-0.3, -0.25) is 4.79 Å². The van der Waals surface area contributed by atoms with Gasteiger partial charge >= 0.3 is 0 Å². The Hall–Kier alpha value is -5.83. The highest BCUT2D eigenvalue weighted by Crippen LogP contribution is 2.54. The average Bonchev–Trinajstić information content (AvgIpc) is 3.64. The number of Topliss-reactive ketones (excluding diaryl/α,β-unsaturated/α-hetero) is 1. The largest absolute Gasteiger partial charge is 0.497 e. The molecule has 0 radical (unpaired) electrons. The second-order valence-corrected chi connectivity index (χ2v) is 14.0. The molecule has 1 aliphatic rings. The fourth-order valence-corrected chi connectivity index (χ4v) is 7.84. The first-order chi connectivity index (χ1) is 26.6. The van der Waals surface area contributed by atoms with Crippen LogP contribution in [0.3, 0.4) is 0 Å². The molecule has 6 rings (SSSR count). The van der Waals surface area contributed by atoms with Gasteiger partial charge in [0.25, 0.3) is 0 Å². The summed E-state index contributed by atoms with van der Waals surface area (Å²) in [7, 11) is 11.4. The van der Waals surface area contributed by atoms with E-state index < -0.39 is 11.8 Å². The first kappa shape index (κ1) is 38.9. The van der Waals surface area contributed by atoms with Crippen molar-refractivity contribution < 1.29 is 42.4 Å². The normalized spacial score (nSPS) is 16.5. The SMILES string of the molecule is COc1ccc([C@H]2CC(C)=C[C@H](c3c(OC)cc(-c4cc5ccc(OC)cc5o4)cc3OC)[C@@H]2C(=O)c2ccc(OC)c(CC=C(C)C)c2OC)c(OC)c1. The van der Waals surface area contributed by atoms with E-state index in [1.165, 1.54) is 0 Å². The first-order valence-corrected chi connectivity index (χ1v) is 18.2. The fourth-order valence-electron chi connectivity index (χ4n) is 7.84. The summed E-state index contributed by atoms with van der Waals surface area (Å²) < 4.78 is 47.5. The molecule has 9 heteroatoms. The van der Waals surface area contributed by atoms with Crippen LogP contribution in [-0.4, -0.2) is 55.6 Å². The van der Waals surface area contributed by atoms with Crippen molar-refractivity contribution in [2.75, 3.05) is 49.8 Å². The summed E-state index contributed by atoms with van der Waals surface area (Å²) in [5.74, 6) is 3.38. The van der Waals surface area contributed by atoms with E-state index in [1.807, 2.05) is 80.6 Å². The average molecular weight is 747 g/mol. The minimum absolute atomic E-state index is 0.0889. The van der Waals surface area contributed by atoms with Crippen LogP contribution < -0.4 is 33.2 Å². The van der Waals surface area contributed by atoms with Crippen molar-refractivity contribution in [2.24, 2.45) is 5.92 Å². The number of rotatable bonds is 14. The maximum Gasteiger partial charge on any atom is 0.171 e. The second kappa shape index (κ2) is 16.7. The molecule has 0 aliphatic heterocycles. The van der Waals surface area contributed by atoms with Crippen molar-refractivity contribution in [1.29, 1.82) is 0 Å². The van der Waals surface area contributed by atoms with E-state index in [-0.39, 0.29) is 11.7 Å². The van der Waals surface area contributed by atoms with Crippen LogP contribution in [0.15, 0.2) is 94.4 Å². The number of carbonyl (C=O) groups is 1. The zero-order chi connectivity index (χ0) is 39.4. The molecule has 0 fully saturated rings. The van der Waals surface area contributed by atoms with Crippen LogP contribution in [0.5, 0.6) is 40.2 Å². The molecule has 3 atom stereocenters. The predicted molar refractivity (Wildman–Crippen MR) is 215 cm³/mol. The van der Waals surface area contributed by atoms with Gasteiger partial charge in [0, 0.05) is 52.0 Å². The maximum atomic E-state index is 15.6. The Bertz CT molecular complexity index is 2230. The highest BCUT2D eigenvalue weighted by Gasteiger charge is 2.44. The lowest BCUT2D eigenvalue weighted by molar-refractivity contribution is 0.0875. The minimum atomic E-state index is -0.642.